The van der Waals surface area contributed by atoms with Crippen LogP contribution >= 0.6 is 11.6 Å². The van der Waals surface area contributed by atoms with Crippen molar-refractivity contribution in [2.45, 2.75) is 51.6 Å². The first-order valence-electron chi connectivity index (χ1n) is 8.33. The molecule has 1 N–H and O–H groups in total. The number of carbonyl (C=O) groups excluding carboxylic acids is 1. The molecule has 3 unspecified atom stereocenters. The summed E-state index contributed by atoms with van der Waals surface area (Å²) in [7, 11) is 0. The molecule has 4 heteroatoms. The first-order valence-corrected chi connectivity index (χ1v) is 8.70. The van der Waals surface area contributed by atoms with Gasteiger partial charge in [0.25, 0.3) is 0 Å². The number of likely N-dealkylation sites (tertiary alicyclic amines) is 1. The third-order valence-corrected chi connectivity index (χ3v) is 6.20. The van der Waals surface area contributed by atoms with Crippen molar-refractivity contribution in [1.82, 2.24) is 10.2 Å². The van der Waals surface area contributed by atoms with E-state index in [0.717, 1.165) is 31.0 Å². The number of rotatable bonds is 3. The largest absolute Gasteiger partial charge is 0.368 e. The Morgan fingerprint density at radius 3 is 2.91 bits per heavy atom. The van der Waals surface area contributed by atoms with E-state index in [9.17, 15) is 4.79 Å². The Bertz CT molecular complexity index is 550. The Labute approximate surface area is 138 Å². The fraction of sp³-hybridized carbons (Fsp3) is 0.722. The van der Waals surface area contributed by atoms with E-state index < -0.39 is 0 Å². The van der Waals surface area contributed by atoms with E-state index in [1.165, 1.54) is 0 Å². The van der Waals surface area contributed by atoms with Gasteiger partial charge in [-0.15, -0.1) is 6.42 Å². The van der Waals surface area contributed by atoms with Crippen molar-refractivity contribution in [1.29, 1.82) is 0 Å². The molecule has 3 heterocycles. The molecule has 0 aromatic rings. The molecule has 0 aromatic carbocycles. The van der Waals surface area contributed by atoms with Gasteiger partial charge in [-0.05, 0) is 43.1 Å². The number of fused-ring (bicyclic) bond motifs is 1. The van der Waals surface area contributed by atoms with Crippen LogP contribution in [0.3, 0.4) is 0 Å². The van der Waals surface area contributed by atoms with Crippen molar-refractivity contribution in [3.8, 4) is 12.3 Å². The van der Waals surface area contributed by atoms with Crippen LogP contribution < -0.4 is 5.32 Å². The Morgan fingerprint density at radius 1 is 1.59 bits per heavy atom. The van der Waals surface area contributed by atoms with Crippen LogP contribution in [0.4, 0.5) is 0 Å². The number of amides is 1. The maximum absolute atomic E-state index is 12.9. The number of nitrogens with one attached hydrogen (secondary N) is 1. The summed E-state index contributed by atoms with van der Waals surface area (Å²) in [4.78, 5) is 15.0. The highest BCUT2D eigenvalue weighted by Crippen LogP contribution is 2.54. The van der Waals surface area contributed by atoms with Crippen molar-refractivity contribution in [3.63, 3.8) is 0 Å². The van der Waals surface area contributed by atoms with Crippen molar-refractivity contribution in [2.75, 3.05) is 6.54 Å². The number of hydrogen-bond acceptors (Lipinski definition) is 2. The Balaban J connectivity index is 1.84. The van der Waals surface area contributed by atoms with E-state index in [1.54, 1.807) is 0 Å². The molecule has 3 aliphatic heterocycles. The lowest BCUT2D eigenvalue weighted by molar-refractivity contribution is -0.140. The summed E-state index contributed by atoms with van der Waals surface area (Å²) < 4.78 is 0. The summed E-state index contributed by atoms with van der Waals surface area (Å²) in [5.41, 5.74) is -0.0568. The number of hydrogen-bond donors (Lipinski definition) is 1. The third kappa shape index (κ3) is 2.15. The lowest BCUT2D eigenvalue weighted by atomic mass is 9.54. The minimum atomic E-state index is -0.321. The van der Waals surface area contributed by atoms with Crippen molar-refractivity contribution in [2.24, 2.45) is 23.7 Å². The normalized spacial score (nSPS) is 37.9. The fourth-order valence-corrected chi connectivity index (χ4v) is 4.95. The van der Waals surface area contributed by atoms with Gasteiger partial charge in [-0.25, -0.2) is 0 Å². The maximum atomic E-state index is 12.9. The SMILES string of the molecule is C#C[C@H](C(=O)N1CCC[C@H]1C12CC(C=C(Cl)N1)C2C)C(C)C. The molecule has 1 amide bonds. The van der Waals surface area contributed by atoms with Gasteiger partial charge < -0.3 is 10.2 Å². The van der Waals surface area contributed by atoms with Crippen LogP contribution in [0.5, 0.6) is 0 Å². The topological polar surface area (TPSA) is 32.3 Å². The highest BCUT2D eigenvalue weighted by Gasteiger charge is 2.60. The number of terminal acetylenes is 1. The van der Waals surface area contributed by atoms with Crippen LogP contribution in [0.1, 0.15) is 40.0 Å². The second-order valence-corrected chi connectivity index (χ2v) is 7.82. The summed E-state index contributed by atoms with van der Waals surface area (Å²) in [5, 5.41) is 4.24. The summed E-state index contributed by atoms with van der Waals surface area (Å²) in [6, 6.07) is 0.211. The maximum Gasteiger partial charge on any atom is 0.238 e. The molecular weight excluding hydrogens is 296 g/mol. The summed E-state index contributed by atoms with van der Waals surface area (Å²) >= 11 is 6.26. The van der Waals surface area contributed by atoms with Gasteiger partial charge in [-0.2, -0.15) is 0 Å². The third-order valence-electron chi connectivity index (χ3n) is 5.98. The first-order chi connectivity index (χ1) is 10.4. The van der Waals surface area contributed by atoms with E-state index in [4.69, 9.17) is 18.0 Å². The molecule has 1 saturated carbocycles. The molecule has 3 nitrogen and oxygen atoms in total. The van der Waals surface area contributed by atoms with E-state index in [1.807, 2.05) is 18.7 Å². The first kappa shape index (κ1) is 15.7. The molecule has 4 aliphatic rings. The van der Waals surface area contributed by atoms with Gasteiger partial charge >= 0.3 is 0 Å². The highest BCUT2D eigenvalue weighted by atomic mass is 35.5. The number of nitrogens with zero attached hydrogens (tertiary/aromatic N) is 1. The number of carbonyl (C=O) groups is 1. The van der Waals surface area contributed by atoms with Crippen LogP contribution in [0.15, 0.2) is 11.2 Å². The standard InChI is InChI=1S/C18H25ClN2O/c1-5-14(11(2)3)17(22)21-8-6-7-15(21)18-10-13(12(18)4)9-16(19)20-18/h1,9,11-15,20H,6-8,10H2,2-4H3/t12?,13?,14-,15-,18?/m0/s1. The second-order valence-electron chi connectivity index (χ2n) is 7.41. The molecule has 1 aliphatic carbocycles. The minimum Gasteiger partial charge on any atom is -0.368 e. The molecule has 4 rings (SSSR count). The van der Waals surface area contributed by atoms with Crippen LogP contribution in [0.25, 0.3) is 0 Å². The molecule has 22 heavy (non-hydrogen) atoms. The van der Waals surface area contributed by atoms with E-state index in [2.05, 4.69) is 24.2 Å². The Kier molecular flexibility index (Phi) is 3.93. The van der Waals surface area contributed by atoms with Gasteiger partial charge in [-0.3, -0.25) is 4.79 Å². The molecule has 0 spiro atoms. The zero-order valence-electron chi connectivity index (χ0n) is 13.6. The van der Waals surface area contributed by atoms with Crippen LogP contribution in [-0.4, -0.2) is 28.9 Å². The summed E-state index contributed by atoms with van der Waals surface area (Å²) in [6.07, 6.45) is 10.9. The van der Waals surface area contributed by atoms with Gasteiger partial charge in [0.1, 0.15) is 5.92 Å². The van der Waals surface area contributed by atoms with Gasteiger partial charge in [0.2, 0.25) is 5.91 Å². The van der Waals surface area contributed by atoms with E-state index in [-0.39, 0.29) is 29.3 Å². The van der Waals surface area contributed by atoms with E-state index >= 15 is 0 Å². The molecule has 2 bridgehead atoms. The van der Waals surface area contributed by atoms with Crippen LogP contribution in [0, 0.1) is 36.0 Å². The molecule has 0 aromatic heterocycles. The zero-order valence-corrected chi connectivity index (χ0v) is 14.4. The molecular formula is C18H25ClN2O. The Morgan fingerprint density at radius 2 is 2.32 bits per heavy atom. The predicted molar refractivity (Wildman–Crippen MR) is 89.0 cm³/mol. The van der Waals surface area contributed by atoms with Crippen molar-refractivity contribution in [3.05, 3.63) is 11.2 Å². The van der Waals surface area contributed by atoms with Gasteiger partial charge in [0.15, 0.2) is 0 Å². The van der Waals surface area contributed by atoms with Crippen LogP contribution in [0.2, 0.25) is 0 Å². The zero-order chi connectivity index (χ0) is 16.1. The molecule has 120 valence electrons. The highest BCUT2D eigenvalue weighted by molar-refractivity contribution is 6.29. The lowest BCUT2D eigenvalue weighted by Crippen LogP contribution is -2.72. The average molecular weight is 321 g/mol. The molecule has 5 atom stereocenters. The number of allylic oxidation sites excluding steroid dienone is 1. The summed E-state index contributed by atoms with van der Waals surface area (Å²) in [6.45, 7) is 7.12. The van der Waals surface area contributed by atoms with Crippen LogP contribution in [-0.2, 0) is 4.79 Å². The monoisotopic (exact) mass is 320 g/mol. The van der Waals surface area contributed by atoms with Gasteiger partial charge in [0, 0.05) is 6.54 Å². The lowest BCUT2D eigenvalue weighted by Gasteiger charge is -2.61. The smallest absolute Gasteiger partial charge is 0.238 e. The molecule has 2 fully saturated rings. The Hall–Kier alpha value is -1.14. The average Bonchev–Trinajstić information content (AvgIpc) is 2.96. The van der Waals surface area contributed by atoms with E-state index in [0.29, 0.717) is 11.8 Å². The predicted octanol–water partition coefficient (Wildman–Crippen LogP) is 2.96. The van der Waals surface area contributed by atoms with Crippen molar-refractivity contribution < 1.29 is 4.79 Å². The fourth-order valence-electron chi connectivity index (χ4n) is 4.61. The minimum absolute atomic E-state index is 0.0568. The second kappa shape index (κ2) is 5.49. The van der Waals surface area contributed by atoms with Crippen molar-refractivity contribution >= 4 is 17.5 Å². The summed E-state index contributed by atoms with van der Waals surface area (Å²) in [5.74, 6) is 3.72. The molecule has 0 radical (unpaired) electrons. The quantitative estimate of drug-likeness (QED) is 0.640. The number of halogens is 1. The molecule has 1 saturated heterocycles. The van der Waals surface area contributed by atoms with Gasteiger partial charge in [0.05, 0.1) is 16.7 Å². The van der Waals surface area contributed by atoms with Gasteiger partial charge in [-0.1, -0.05) is 38.3 Å².